The van der Waals surface area contributed by atoms with E-state index in [0.29, 0.717) is 0 Å². The molecule has 0 saturated carbocycles. The summed E-state index contributed by atoms with van der Waals surface area (Å²) in [7, 11) is 0. The molecule has 2 heterocycles. The lowest BCUT2D eigenvalue weighted by Gasteiger charge is -2.12. The van der Waals surface area contributed by atoms with Crippen LogP contribution in [0.1, 0.15) is 37.8 Å². The van der Waals surface area contributed by atoms with Crippen LogP contribution in [0.25, 0.3) is 0 Å². The molecular weight excluding hydrogens is 222 g/mol. The van der Waals surface area contributed by atoms with Gasteiger partial charge in [0, 0.05) is 24.6 Å². The normalized spacial score (nSPS) is 24.1. The van der Waals surface area contributed by atoms with Gasteiger partial charge in [0.25, 0.3) is 0 Å². The zero-order valence-electron chi connectivity index (χ0n) is 9.75. The summed E-state index contributed by atoms with van der Waals surface area (Å²) in [5, 5.41) is 15.7. The third kappa shape index (κ3) is 2.15. The second-order valence-electron chi connectivity index (χ2n) is 4.54. The Morgan fingerprint density at radius 2 is 2.35 bits per heavy atom. The van der Waals surface area contributed by atoms with Crippen LogP contribution in [-0.2, 0) is 9.59 Å². The Morgan fingerprint density at radius 1 is 1.65 bits per heavy atom. The fourth-order valence-electron chi connectivity index (χ4n) is 2.02. The molecule has 1 aliphatic rings. The highest BCUT2D eigenvalue weighted by Crippen LogP contribution is 2.28. The lowest BCUT2D eigenvalue weighted by Crippen LogP contribution is -2.35. The monoisotopic (exact) mass is 237 g/mol. The van der Waals surface area contributed by atoms with Crippen LogP contribution in [0.15, 0.2) is 12.4 Å². The van der Waals surface area contributed by atoms with Crippen LogP contribution in [0.4, 0.5) is 0 Å². The number of carboxylic acids is 1. The van der Waals surface area contributed by atoms with Crippen LogP contribution in [0.5, 0.6) is 0 Å². The molecule has 1 amide bonds. The van der Waals surface area contributed by atoms with E-state index in [1.54, 1.807) is 10.9 Å². The predicted octanol–water partition coefficient (Wildman–Crippen LogP) is 0.521. The standard InChI is InChI=1S/C11H15N3O3/c1-6(2)14-5-7(4-12-14)8-3-9(15)13-10(8)11(16)17/h4-6,8,10H,3H2,1-2H3,(H,13,15)(H,16,17). The Bertz CT molecular complexity index is 453. The molecule has 6 heteroatoms. The molecule has 2 rings (SSSR count). The van der Waals surface area contributed by atoms with E-state index >= 15 is 0 Å². The number of carbonyl (C=O) groups is 2. The van der Waals surface area contributed by atoms with Crippen LogP contribution in [-0.4, -0.2) is 32.8 Å². The van der Waals surface area contributed by atoms with Gasteiger partial charge in [-0.15, -0.1) is 0 Å². The first-order valence-corrected chi connectivity index (χ1v) is 5.55. The number of hydrogen-bond donors (Lipinski definition) is 2. The molecule has 1 saturated heterocycles. The molecule has 92 valence electrons. The second-order valence-corrected chi connectivity index (χ2v) is 4.54. The van der Waals surface area contributed by atoms with Crippen molar-refractivity contribution in [3.63, 3.8) is 0 Å². The van der Waals surface area contributed by atoms with Crippen molar-refractivity contribution in [2.24, 2.45) is 0 Å². The van der Waals surface area contributed by atoms with E-state index in [1.165, 1.54) is 0 Å². The van der Waals surface area contributed by atoms with E-state index < -0.39 is 12.0 Å². The molecule has 2 atom stereocenters. The largest absolute Gasteiger partial charge is 0.480 e. The molecule has 0 spiro atoms. The van der Waals surface area contributed by atoms with Gasteiger partial charge in [-0.25, -0.2) is 4.79 Å². The zero-order chi connectivity index (χ0) is 12.6. The molecule has 17 heavy (non-hydrogen) atoms. The van der Waals surface area contributed by atoms with Crippen LogP contribution < -0.4 is 5.32 Å². The minimum Gasteiger partial charge on any atom is -0.480 e. The van der Waals surface area contributed by atoms with Gasteiger partial charge in [0.15, 0.2) is 0 Å². The Kier molecular flexibility index (Phi) is 2.87. The quantitative estimate of drug-likeness (QED) is 0.802. The van der Waals surface area contributed by atoms with E-state index in [-0.39, 0.29) is 24.3 Å². The van der Waals surface area contributed by atoms with Crippen molar-refractivity contribution in [2.45, 2.75) is 38.3 Å². The minimum atomic E-state index is -1.00. The lowest BCUT2D eigenvalue weighted by atomic mass is 9.94. The molecule has 1 fully saturated rings. The van der Waals surface area contributed by atoms with Gasteiger partial charge in [-0.1, -0.05) is 0 Å². The predicted molar refractivity (Wildman–Crippen MR) is 59.5 cm³/mol. The summed E-state index contributed by atoms with van der Waals surface area (Å²) < 4.78 is 1.76. The van der Waals surface area contributed by atoms with Crippen LogP contribution in [0.3, 0.4) is 0 Å². The lowest BCUT2D eigenvalue weighted by molar-refractivity contribution is -0.140. The average molecular weight is 237 g/mol. The van der Waals surface area contributed by atoms with Crippen molar-refractivity contribution in [2.75, 3.05) is 0 Å². The van der Waals surface area contributed by atoms with E-state index in [0.717, 1.165) is 5.56 Å². The van der Waals surface area contributed by atoms with E-state index in [9.17, 15) is 9.59 Å². The van der Waals surface area contributed by atoms with Crippen LogP contribution in [0.2, 0.25) is 0 Å². The Labute approximate surface area is 98.6 Å². The van der Waals surface area contributed by atoms with E-state index in [1.807, 2.05) is 20.0 Å². The van der Waals surface area contributed by atoms with Crippen LogP contribution in [0, 0.1) is 0 Å². The molecule has 0 radical (unpaired) electrons. The van der Waals surface area contributed by atoms with Gasteiger partial charge in [0.2, 0.25) is 5.91 Å². The number of carboxylic acid groups (broad SMARTS) is 1. The van der Waals surface area contributed by atoms with E-state index in [4.69, 9.17) is 5.11 Å². The summed E-state index contributed by atoms with van der Waals surface area (Å²) in [6, 6.07) is -0.621. The molecule has 1 aromatic rings. The summed E-state index contributed by atoms with van der Waals surface area (Å²) in [5.41, 5.74) is 0.796. The minimum absolute atomic E-state index is 0.209. The van der Waals surface area contributed by atoms with Crippen molar-refractivity contribution in [3.8, 4) is 0 Å². The molecule has 1 aliphatic heterocycles. The van der Waals surface area contributed by atoms with Crippen molar-refractivity contribution in [3.05, 3.63) is 18.0 Å². The number of nitrogens with one attached hydrogen (secondary N) is 1. The summed E-state index contributed by atoms with van der Waals surface area (Å²) in [6.45, 7) is 3.98. The van der Waals surface area contributed by atoms with Gasteiger partial charge in [0.05, 0.1) is 6.20 Å². The second kappa shape index (κ2) is 4.20. The number of aliphatic carboxylic acids is 1. The maximum atomic E-state index is 11.3. The fourth-order valence-corrected chi connectivity index (χ4v) is 2.02. The van der Waals surface area contributed by atoms with Gasteiger partial charge >= 0.3 is 5.97 Å². The van der Waals surface area contributed by atoms with Gasteiger partial charge < -0.3 is 10.4 Å². The van der Waals surface area contributed by atoms with Crippen molar-refractivity contribution in [1.29, 1.82) is 0 Å². The number of hydrogen-bond acceptors (Lipinski definition) is 3. The smallest absolute Gasteiger partial charge is 0.326 e. The summed E-state index contributed by atoms with van der Waals surface area (Å²) in [5.74, 6) is -1.55. The zero-order valence-corrected chi connectivity index (χ0v) is 9.75. The Balaban J connectivity index is 2.25. The maximum absolute atomic E-state index is 11.3. The third-order valence-corrected chi connectivity index (χ3v) is 2.97. The van der Waals surface area contributed by atoms with E-state index in [2.05, 4.69) is 10.4 Å². The Hall–Kier alpha value is -1.85. The third-order valence-electron chi connectivity index (χ3n) is 2.97. The number of amides is 1. The van der Waals surface area contributed by atoms with Gasteiger partial charge in [0.1, 0.15) is 6.04 Å². The van der Waals surface area contributed by atoms with Crippen molar-refractivity contribution >= 4 is 11.9 Å². The molecule has 0 bridgehead atoms. The SMILES string of the molecule is CC(C)n1cc(C2CC(=O)NC2C(=O)O)cn1. The fraction of sp³-hybridized carbons (Fsp3) is 0.545. The first kappa shape index (κ1) is 11.6. The average Bonchev–Trinajstić information content (AvgIpc) is 2.82. The molecule has 1 aromatic heterocycles. The highest BCUT2D eigenvalue weighted by Gasteiger charge is 2.39. The number of aromatic nitrogens is 2. The first-order valence-electron chi connectivity index (χ1n) is 5.55. The molecule has 2 unspecified atom stereocenters. The number of rotatable bonds is 3. The van der Waals surface area contributed by atoms with Gasteiger partial charge in [-0.05, 0) is 19.4 Å². The number of carbonyl (C=O) groups excluding carboxylic acids is 1. The summed E-state index contributed by atoms with van der Waals surface area (Å²) >= 11 is 0. The molecule has 6 nitrogen and oxygen atoms in total. The molecule has 2 N–H and O–H groups in total. The molecular formula is C11H15N3O3. The molecule has 0 aliphatic carbocycles. The van der Waals surface area contributed by atoms with Crippen molar-refractivity contribution < 1.29 is 14.7 Å². The van der Waals surface area contributed by atoms with Crippen LogP contribution >= 0.6 is 0 Å². The number of nitrogens with zero attached hydrogens (tertiary/aromatic N) is 2. The maximum Gasteiger partial charge on any atom is 0.326 e. The van der Waals surface area contributed by atoms with Crippen molar-refractivity contribution in [1.82, 2.24) is 15.1 Å². The Morgan fingerprint density at radius 3 is 2.88 bits per heavy atom. The van der Waals surface area contributed by atoms with Gasteiger partial charge in [-0.2, -0.15) is 5.10 Å². The summed E-state index contributed by atoms with van der Waals surface area (Å²) in [6.07, 6.45) is 3.66. The topological polar surface area (TPSA) is 84.2 Å². The first-order chi connectivity index (χ1) is 7.99. The summed E-state index contributed by atoms with van der Waals surface area (Å²) in [4.78, 5) is 22.3. The highest BCUT2D eigenvalue weighted by molar-refractivity contribution is 5.89. The van der Waals surface area contributed by atoms with Gasteiger partial charge in [-0.3, -0.25) is 9.48 Å². The molecule has 0 aromatic carbocycles. The highest BCUT2D eigenvalue weighted by atomic mass is 16.4.